The number of para-hydroxylation sites is 1. The maximum absolute atomic E-state index is 13.0. The van der Waals surface area contributed by atoms with E-state index in [1.54, 1.807) is 0 Å². The standard InChI is InChI=1S/C20H22FN3O2/c1-2-14-6-3-4-7-17(14)23-19(25)18-8-5-13-24(18)20(26)22-16-11-9-15(21)10-12-16/h3-4,6-7,9-12,18H,2,5,8,13H2,1H3,(H,22,26)(H,23,25). The summed E-state index contributed by atoms with van der Waals surface area (Å²) in [5, 5.41) is 5.67. The number of hydrogen-bond donors (Lipinski definition) is 2. The highest BCUT2D eigenvalue weighted by Crippen LogP contribution is 2.22. The average Bonchev–Trinajstić information content (AvgIpc) is 3.14. The highest BCUT2D eigenvalue weighted by atomic mass is 19.1. The van der Waals surface area contributed by atoms with Crippen LogP contribution in [-0.4, -0.2) is 29.4 Å². The summed E-state index contributed by atoms with van der Waals surface area (Å²) in [6.45, 7) is 2.55. The summed E-state index contributed by atoms with van der Waals surface area (Å²) >= 11 is 0. The molecule has 136 valence electrons. The van der Waals surface area contributed by atoms with E-state index in [0.29, 0.717) is 18.7 Å². The zero-order valence-electron chi connectivity index (χ0n) is 14.7. The number of carbonyl (C=O) groups is 2. The Bertz CT molecular complexity index is 792. The number of likely N-dealkylation sites (tertiary alicyclic amines) is 1. The van der Waals surface area contributed by atoms with Gasteiger partial charge in [0.1, 0.15) is 11.9 Å². The van der Waals surface area contributed by atoms with Crippen molar-refractivity contribution in [2.24, 2.45) is 0 Å². The van der Waals surface area contributed by atoms with Gasteiger partial charge in [0, 0.05) is 17.9 Å². The Morgan fingerprint density at radius 1 is 1.12 bits per heavy atom. The molecule has 26 heavy (non-hydrogen) atoms. The van der Waals surface area contributed by atoms with Crippen molar-refractivity contribution < 1.29 is 14.0 Å². The van der Waals surface area contributed by atoms with Crippen molar-refractivity contribution in [2.45, 2.75) is 32.2 Å². The molecule has 0 saturated carbocycles. The SMILES string of the molecule is CCc1ccccc1NC(=O)C1CCCN1C(=O)Nc1ccc(F)cc1. The maximum Gasteiger partial charge on any atom is 0.322 e. The van der Waals surface area contributed by atoms with Crippen LogP contribution in [0.3, 0.4) is 0 Å². The number of halogens is 1. The van der Waals surface area contributed by atoms with Gasteiger partial charge in [-0.25, -0.2) is 9.18 Å². The minimum atomic E-state index is -0.514. The number of rotatable bonds is 4. The number of urea groups is 1. The molecule has 2 aromatic rings. The second kappa shape index (κ2) is 7.99. The Balaban J connectivity index is 1.67. The molecule has 1 fully saturated rings. The number of amides is 3. The highest BCUT2D eigenvalue weighted by Gasteiger charge is 2.34. The van der Waals surface area contributed by atoms with E-state index < -0.39 is 6.04 Å². The lowest BCUT2D eigenvalue weighted by molar-refractivity contribution is -0.119. The average molecular weight is 355 g/mol. The molecule has 1 atom stereocenters. The second-order valence-electron chi connectivity index (χ2n) is 6.29. The third-order valence-corrected chi connectivity index (χ3v) is 4.57. The Labute approximate surface area is 152 Å². The Morgan fingerprint density at radius 3 is 2.58 bits per heavy atom. The lowest BCUT2D eigenvalue weighted by Gasteiger charge is -2.24. The Morgan fingerprint density at radius 2 is 1.85 bits per heavy atom. The van der Waals surface area contributed by atoms with E-state index in [2.05, 4.69) is 10.6 Å². The van der Waals surface area contributed by atoms with E-state index in [0.717, 1.165) is 24.1 Å². The molecule has 0 aromatic heterocycles. The van der Waals surface area contributed by atoms with E-state index >= 15 is 0 Å². The first-order chi connectivity index (χ1) is 12.6. The summed E-state index contributed by atoms with van der Waals surface area (Å²) < 4.78 is 13.0. The fraction of sp³-hybridized carbons (Fsp3) is 0.300. The Hall–Kier alpha value is -2.89. The molecule has 1 unspecified atom stereocenters. The van der Waals surface area contributed by atoms with Gasteiger partial charge < -0.3 is 15.5 Å². The van der Waals surface area contributed by atoms with Gasteiger partial charge in [0.25, 0.3) is 0 Å². The molecular formula is C20H22FN3O2. The molecule has 2 aromatic carbocycles. The van der Waals surface area contributed by atoms with Crippen LogP contribution in [0.2, 0.25) is 0 Å². The van der Waals surface area contributed by atoms with Crippen LogP contribution in [0, 0.1) is 5.82 Å². The van der Waals surface area contributed by atoms with Crippen LogP contribution in [0.1, 0.15) is 25.3 Å². The molecule has 3 rings (SSSR count). The monoisotopic (exact) mass is 355 g/mol. The fourth-order valence-corrected chi connectivity index (χ4v) is 3.18. The second-order valence-corrected chi connectivity index (χ2v) is 6.29. The first-order valence-electron chi connectivity index (χ1n) is 8.80. The molecule has 1 aliphatic rings. The first-order valence-corrected chi connectivity index (χ1v) is 8.80. The number of anilines is 2. The van der Waals surface area contributed by atoms with Crippen LogP contribution < -0.4 is 10.6 Å². The minimum absolute atomic E-state index is 0.183. The molecule has 1 saturated heterocycles. The molecule has 0 radical (unpaired) electrons. The van der Waals surface area contributed by atoms with Crippen molar-refractivity contribution in [3.05, 3.63) is 59.9 Å². The van der Waals surface area contributed by atoms with Gasteiger partial charge in [-0.3, -0.25) is 4.79 Å². The molecule has 0 bridgehead atoms. The zero-order chi connectivity index (χ0) is 18.5. The van der Waals surface area contributed by atoms with E-state index in [-0.39, 0.29) is 17.8 Å². The predicted molar refractivity (Wildman–Crippen MR) is 99.6 cm³/mol. The topological polar surface area (TPSA) is 61.4 Å². The number of hydrogen-bond acceptors (Lipinski definition) is 2. The van der Waals surface area contributed by atoms with E-state index in [1.807, 2.05) is 31.2 Å². The van der Waals surface area contributed by atoms with Crippen LogP contribution in [-0.2, 0) is 11.2 Å². The fourth-order valence-electron chi connectivity index (χ4n) is 3.18. The minimum Gasteiger partial charge on any atom is -0.324 e. The summed E-state index contributed by atoms with van der Waals surface area (Å²) in [7, 11) is 0. The summed E-state index contributed by atoms with van der Waals surface area (Å²) in [6.07, 6.45) is 2.21. The van der Waals surface area contributed by atoms with Crippen molar-refractivity contribution in [3.8, 4) is 0 Å². The summed E-state index contributed by atoms with van der Waals surface area (Å²) in [4.78, 5) is 26.8. The number of aryl methyl sites for hydroxylation is 1. The van der Waals surface area contributed by atoms with Gasteiger partial charge in [-0.15, -0.1) is 0 Å². The molecule has 2 N–H and O–H groups in total. The van der Waals surface area contributed by atoms with Gasteiger partial charge in [0.2, 0.25) is 5.91 Å². The third-order valence-electron chi connectivity index (χ3n) is 4.57. The highest BCUT2D eigenvalue weighted by molar-refractivity contribution is 6.00. The number of benzene rings is 2. The van der Waals surface area contributed by atoms with Gasteiger partial charge in [0.15, 0.2) is 0 Å². The van der Waals surface area contributed by atoms with E-state index in [9.17, 15) is 14.0 Å². The van der Waals surface area contributed by atoms with Gasteiger partial charge in [-0.05, 0) is 55.2 Å². The molecule has 6 heteroatoms. The Kier molecular flexibility index (Phi) is 5.51. The van der Waals surface area contributed by atoms with Crippen molar-refractivity contribution >= 4 is 23.3 Å². The first kappa shape index (κ1) is 17.9. The largest absolute Gasteiger partial charge is 0.324 e. The lowest BCUT2D eigenvalue weighted by Crippen LogP contribution is -2.45. The van der Waals surface area contributed by atoms with Crippen molar-refractivity contribution in [3.63, 3.8) is 0 Å². The van der Waals surface area contributed by atoms with Crippen molar-refractivity contribution in [1.29, 1.82) is 0 Å². The van der Waals surface area contributed by atoms with Crippen LogP contribution in [0.15, 0.2) is 48.5 Å². The number of nitrogens with one attached hydrogen (secondary N) is 2. The van der Waals surface area contributed by atoms with Crippen molar-refractivity contribution in [2.75, 3.05) is 17.2 Å². The molecule has 1 heterocycles. The van der Waals surface area contributed by atoms with E-state index in [1.165, 1.54) is 29.2 Å². The third kappa shape index (κ3) is 4.02. The van der Waals surface area contributed by atoms with Gasteiger partial charge >= 0.3 is 6.03 Å². The molecule has 3 amide bonds. The van der Waals surface area contributed by atoms with Gasteiger partial charge in [-0.2, -0.15) is 0 Å². The normalized spacial score (nSPS) is 16.4. The van der Waals surface area contributed by atoms with Crippen LogP contribution in [0.5, 0.6) is 0 Å². The number of carbonyl (C=O) groups excluding carboxylic acids is 2. The van der Waals surface area contributed by atoms with Crippen LogP contribution >= 0.6 is 0 Å². The predicted octanol–water partition coefficient (Wildman–Crippen LogP) is 4.02. The smallest absolute Gasteiger partial charge is 0.322 e. The summed E-state index contributed by atoms with van der Waals surface area (Å²) in [6, 6.07) is 12.4. The summed E-state index contributed by atoms with van der Waals surface area (Å²) in [5.74, 6) is -0.548. The molecule has 5 nitrogen and oxygen atoms in total. The van der Waals surface area contributed by atoms with Gasteiger partial charge in [0.05, 0.1) is 0 Å². The van der Waals surface area contributed by atoms with Crippen molar-refractivity contribution in [1.82, 2.24) is 4.90 Å². The lowest BCUT2D eigenvalue weighted by atomic mass is 10.1. The van der Waals surface area contributed by atoms with Crippen LogP contribution in [0.25, 0.3) is 0 Å². The summed E-state index contributed by atoms with van der Waals surface area (Å²) in [5.41, 5.74) is 2.34. The van der Waals surface area contributed by atoms with Crippen LogP contribution in [0.4, 0.5) is 20.6 Å². The molecule has 1 aliphatic heterocycles. The molecular weight excluding hydrogens is 333 g/mol. The zero-order valence-corrected chi connectivity index (χ0v) is 14.7. The van der Waals surface area contributed by atoms with Gasteiger partial charge in [-0.1, -0.05) is 25.1 Å². The van der Waals surface area contributed by atoms with E-state index in [4.69, 9.17) is 0 Å². The maximum atomic E-state index is 13.0. The molecule has 0 spiro atoms. The quantitative estimate of drug-likeness (QED) is 0.870. The molecule has 0 aliphatic carbocycles. The number of nitrogens with zero attached hydrogens (tertiary/aromatic N) is 1.